The van der Waals surface area contributed by atoms with Crippen LogP contribution in [0.25, 0.3) is 55.3 Å². The van der Waals surface area contributed by atoms with Crippen LogP contribution in [0.15, 0.2) is 67.4 Å². The van der Waals surface area contributed by atoms with Crippen LogP contribution in [0.3, 0.4) is 0 Å². The molecule has 0 aliphatic heterocycles. The molecule has 0 radical (unpaired) electrons. The minimum absolute atomic E-state index is 0.522. The van der Waals surface area contributed by atoms with E-state index in [9.17, 15) is 0 Å². The predicted octanol–water partition coefficient (Wildman–Crippen LogP) is 7.50. The number of nitrogens with one attached hydrogen (secondary N) is 3. The first kappa shape index (κ1) is 23.7. The summed E-state index contributed by atoms with van der Waals surface area (Å²) in [5.41, 5.74) is 7.96. The Bertz CT molecular complexity index is 1820. The van der Waals surface area contributed by atoms with Gasteiger partial charge in [-0.2, -0.15) is 5.10 Å². The molecular weight excluding hydrogens is 504 g/mol. The van der Waals surface area contributed by atoms with Gasteiger partial charge in [0.15, 0.2) is 5.82 Å². The van der Waals surface area contributed by atoms with Crippen molar-refractivity contribution < 1.29 is 0 Å². The molecular formula is C30H28N8S. The molecule has 7 rings (SSSR count). The summed E-state index contributed by atoms with van der Waals surface area (Å²) in [5.74, 6) is 1.21. The van der Waals surface area contributed by atoms with Crippen molar-refractivity contribution >= 4 is 39.0 Å². The number of fused-ring (bicyclic) bond motifs is 2. The third-order valence-electron chi connectivity index (χ3n) is 7.48. The Morgan fingerprint density at radius 3 is 2.74 bits per heavy atom. The molecule has 9 heteroatoms. The number of anilines is 1. The minimum atomic E-state index is 0.522. The second-order valence-electron chi connectivity index (χ2n) is 10.2. The van der Waals surface area contributed by atoms with Gasteiger partial charge in [0.25, 0.3) is 0 Å². The van der Waals surface area contributed by atoms with Crippen molar-refractivity contribution in [2.75, 3.05) is 5.32 Å². The Morgan fingerprint density at radius 2 is 1.90 bits per heavy atom. The number of aryl methyl sites for hydroxylation is 1. The normalized spacial score (nSPS) is 14.3. The van der Waals surface area contributed by atoms with E-state index in [4.69, 9.17) is 9.97 Å². The van der Waals surface area contributed by atoms with E-state index in [2.05, 4.69) is 62.2 Å². The molecule has 1 aliphatic carbocycles. The zero-order valence-electron chi connectivity index (χ0n) is 21.7. The fraction of sp³-hybridized carbons (Fsp3) is 0.233. The lowest BCUT2D eigenvalue weighted by atomic mass is 9.87. The second-order valence-corrected chi connectivity index (χ2v) is 11.5. The smallest absolute Gasteiger partial charge is 0.159 e. The number of aromatic amines is 2. The highest BCUT2D eigenvalue weighted by Gasteiger charge is 2.19. The molecule has 3 N–H and O–H groups in total. The number of hydrogen-bond acceptors (Lipinski definition) is 7. The van der Waals surface area contributed by atoms with Crippen LogP contribution in [-0.4, -0.2) is 35.1 Å². The van der Waals surface area contributed by atoms with Crippen molar-refractivity contribution in [3.63, 3.8) is 0 Å². The van der Waals surface area contributed by atoms with Crippen molar-refractivity contribution in [1.82, 2.24) is 35.1 Å². The summed E-state index contributed by atoms with van der Waals surface area (Å²) in [6, 6.07) is 10.3. The monoisotopic (exact) mass is 532 g/mol. The Kier molecular flexibility index (Phi) is 5.93. The third-order valence-corrected chi connectivity index (χ3v) is 8.49. The maximum Gasteiger partial charge on any atom is 0.159 e. The maximum absolute atomic E-state index is 4.94. The average Bonchev–Trinajstić information content (AvgIpc) is 3.71. The fourth-order valence-electron chi connectivity index (χ4n) is 5.43. The number of imidazole rings is 1. The van der Waals surface area contributed by atoms with E-state index in [-0.39, 0.29) is 0 Å². The number of hydrogen-bond donors (Lipinski definition) is 3. The van der Waals surface area contributed by atoms with Crippen LogP contribution in [0, 0.1) is 12.8 Å². The summed E-state index contributed by atoms with van der Waals surface area (Å²) in [6.45, 7) is 6.42. The van der Waals surface area contributed by atoms with Crippen LogP contribution in [0.4, 0.5) is 5.69 Å². The molecule has 0 spiro atoms. The quantitative estimate of drug-likeness (QED) is 0.205. The van der Waals surface area contributed by atoms with Crippen molar-refractivity contribution in [1.29, 1.82) is 0 Å². The molecule has 0 saturated heterocycles. The minimum Gasteiger partial charge on any atom is -0.358 e. The Balaban J connectivity index is 1.22. The highest BCUT2D eigenvalue weighted by molar-refractivity contribution is 7.15. The Morgan fingerprint density at radius 1 is 1.00 bits per heavy atom. The van der Waals surface area contributed by atoms with Gasteiger partial charge in [-0.1, -0.05) is 25.8 Å². The number of aromatic nitrogens is 7. The molecule has 0 aromatic carbocycles. The number of nitrogens with zero attached hydrogens (tertiary/aromatic N) is 5. The van der Waals surface area contributed by atoms with E-state index in [0.29, 0.717) is 11.7 Å². The molecule has 0 atom stereocenters. The van der Waals surface area contributed by atoms with Crippen molar-refractivity contribution in [3.8, 4) is 33.3 Å². The summed E-state index contributed by atoms with van der Waals surface area (Å²) in [5, 5.41) is 12.1. The van der Waals surface area contributed by atoms with Gasteiger partial charge in [-0.25, -0.2) is 4.98 Å². The molecule has 6 aromatic rings. The van der Waals surface area contributed by atoms with Crippen molar-refractivity contribution in [3.05, 3.63) is 72.3 Å². The molecule has 0 bridgehead atoms. The van der Waals surface area contributed by atoms with E-state index in [1.165, 1.54) is 37.0 Å². The van der Waals surface area contributed by atoms with Gasteiger partial charge in [0.1, 0.15) is 16.9 Å². The standard InChI is InChI=1S/C30H28N8S/c1-17-8-9-26(39-17)29-28-23(10-11-32-29)35-30(36-28)27-22-13-24(33-16-25(22)37-38-27)20-12-21(15-31-14-20)34-18(2)19-6-4-3-5-7-19/h8-16,19,34H,2-7H2,1H3,(H,35,36)(H,37,38). The second kappa shape index (κ2) is 9.74. The van der Waals surface area contributed by atoms with Gasteiger partial charge in [0.05, 0.1) is 39.7 Å². The van der Waals surface area contributed by atoms with Gasteiger partial charge in [-0.3, -0.25) is 20.1 Å². The fourth-order valence-corrected chi connectivity index (χ4v) is 6.30. The number of pyridine rings is 3. The topological polar surface area (TPSA) is 108 Å². The van der Waals surface area contributed by atoms with E-state index in [1.54, 1.807) is 11.3 Å². The van der Waals surface area contributed by atoms with Gasteiger partial charge in [0.2, 0.25) is 0 Å². The Hall–Kier alpha value is -4.37. The molecule has 8 nitrogen and oxygen atoms in total. The van der Waals surface area contributed by atoms with Gasteiger partial charge in [0, 0.05) is 33.9 Å². The molecule has 194 valence electrons. The lowest BCUT2D eigenvalue weighted by Crippen LogP contribution is -2.14. The molecule has 6 aromatic heterocycles. The van der Waals surface area contributed by atoms with E-state index in [0.717, 1.165) is 60.8 Å². The molecule has 39 heavy (non-hydrogen) atoms. The first-order valence-corrected chi connectivity index (χ1v) is 14.1. The van der Waals surface area contributed by atoms with E-state index >= 15 is 0 Å². The number of H-pyrrole nitrogens is 2. The van der Waals surface area contributed by atoms with Gasteiger partial charge in [-0.15, -0.1) is 11.3 Å². The van der Waals surface area contributed by atoms with Crippen LogP contribution in [0.2, 0.25) is 0 Å². The van der Waals surface area contributed by atoms with Crippen LogP contribution >= 0.6 is 11.3 Å². The SMILES string of the molecule is C=C(Nc1cncc(-c2cc3c(-c4nc5c(-c6ccc(C)s6)nccc5[nH]4)n[nH]c3cn2)c1)C1CCCCC1. The molecule has 6 heterocycles. The average molecular weight is 533 g/mol. The van der Waals surface area contributed by atoms with Crippen molar-refractivity contribution in [2.24, 2.45) is 5.92 Å². The summed E-state index contributed by atoms with van der Waals surface area (Å²) in [4.78, 5) is 24.5. The van der Waals surface area contributed by atoms with Crippen LogP contribution in [-0.2, 0) is 0 Å². The zero-order valence-corrected chi connectivity index (χ0v) is 22.5. The van der Waals surface area contributed by atoms with E-state index in [1.807, 2.05) is 36.9 Å². The highest BCUT2D eigenvalue weighted by Crippen LogP contribution is 2.34. The molecule has 0 unspecified atom stereocenters. The molecule has 1 saturated carbocycles. The summed E-state index contributed by atoms with van der Waals surface area (Å²) >= 11 is 1.71. The van der Waals surface area contributed by atoms with Crippen LogP contribution in [0.1, 0.15) is 37.0 Å². The number of thiophene rings is 1. The first-order valence-electron chi connectivity index (χ1n) is 13.3. The summed E-state index contributed by atoms with van der Waals surface area (Å²) in [7, 11) is 0. The lowest BCUT2D eigenvalue weighted by molar-refractivity contribution is 0.405. The van der Waals surface area contributed by atoms with Gasteiger partial charge < -0.3 is 10.3 Å². The summed E-state index contributed by atoms with van der Waals surface area (Å²) in [6.07, 6.45) is 13.6. The maximum atomic E-state index is 4.94. The largest absolute Gasteiger partial charge is 0.358 e. The first-order chi connectivity index (χ1) is 19.1. The van der Waals surface area contributed by atoms with Crippen LogP contribution < -0.4 is 5.32 Å². The molecule has 1 aliphatic rings. The molecule has 0 amide bonds. The number of allylic oxidation sites excluding steroid dienone is 1. The van der Waals surface area contributed by atoms with Gasteiger partial charge in [-0.05, 0) is 56.0 Å². The third kappa shape index (κ3) is 4.48. The Labute approximate surface area is 229 Å². The van der Waals surface area contributed by atoms with E-state index < -0.39 is 0 Å². The summed E-state index contributed by atoms with van der Waals surface area (Å²) < 4.78 is 0. The molecule has 1 fully saturated rings. The lowest BCUT2D eigenvalue weighted by Gasteiger charge is -2.24. The van der Waals surface area contributed by atoms with Crippen molar-refractivity contribution in [2.45, 2.75) is 39.0 Å². The van der Waals surface area contributed by atoms with Crippen LogP contribution in [0.5, 0.6) is 0 Å². The zero-order chi connectivity index (χ0) is 26.3. The predicted molar refractivity (Wildman–Crippen MR) is 157 cm³/mol. The highest BCUT2D eigenvalue weighted by atomic mass is 32.1. The number of rotatable bonds is 6. The van der Waals surface area contributed by atoms with Gasteiger partial charge >= 0.3 is 0 Å².